The molecule has 0 saturated heterocycles. The average Bonchev–Trinajstić information content (AvgIpc) is 2.98. The number of sulfonamides is 1. The minimum absolute atomic E-state index is 0.0382. The maximum absolute atomic E-state index is 14.0. The van der Waals surface area contributed by atoms with Crippen LogP contribution < -0.4 is 19.1 Å². The second-order valence-electron chi connectivity index (χ2n) is 9.33. The lowest BCUT2D eigenvalue weighted by molar-refractivity contribution is -0.139. The van der Waals surface area contributed by atoms with Crippen LogP contribution in [0, 0.1) is 0 Å². The van der Waals surface area contributed by atoms with E-state index in [1.807, 2.05) is 6.92 Å². The molecule has 0 spiro atoms. The first kappa shape index (κ1) is 31.8. The summed E-state index contributed by atoms with van der Waals surface area (Å²) in [6, 6.07) is 18.5. The van der Waals surface area contributed by atoms with Crippen LogP contribution >= 0.6 is 11.6 Å². The Balaban J connectivity index is 2.04. The van der Waals surface area contributed by atoms with Crippen LogP contribution in [0.3, 0.4) is 0 Å². The molecule has 41 heavy (non-hydrogen) atoms. The number of nitrogens with zero attached hydrogens (tertiary/aromatic N) is 2. The highest BCUT2D eigenvalue weighted by Crippen LogP contribution is 2.33. The highest BCUT2D eigenvalue weighted by atomic mass is 35.5. The Hall–Kier alpha value is -3.76. The van der Waals surface area contributed by atoms with Crippen molar-refractivity contribution in [2.45, 2.75) is 44.2 Å². The number of benzene rings is 3. The van der Waals surface area contributed by atoms with Gasteiger partial charge < -0.3 is 19.7 Å². The Kier molecular flexibility index (Phi) is 11.4. The van der Waals surface area contributed by atoms with Crippen molar-refractivity contribution < 1.29 is 27.5 Å². The third kappa shape index (κ3) is 8.14. The molecule has 9 nitrogen and oxygen atoms in total. The van der Waals surface area contributed by atoms with E-state index in [-0.39, 0.29) is 28.8 Å². The fraction of sp³-hybridized carbons (Fsp3) is 0.333. The molecule has 0 aliphatic carbocycles. The van der Waals surface area contributed by atoms with Gasteiger partial charge in [0.15, 0.2) is 0 Å². The monoisotopic (exact) mass is 601 g/mol. The quantitative estimate of drug-likeness (QED) is 0.264. The van der Waals surface area contributed by atoms with Gasteiger partial charge in [-0.1, -0.05) is 49.2 Å². The number of carbonyl (C=O) groups is 2. The Morgan fingerprint density at radius 1 is 0.976 bits per heavy atom. The van der Waals surface area contributed by atoms with Crippen LogP contribution in [-0.2, 0) is 26.2 Å². The third-order valence-corrected chi connectivity index (χ3v) is 8.53. The van der Waals surface area contributed by atoms with Gasteiger partial charge in [0.05, 0.1) is 24.8 Å². The summed E-state index contributed by atoms with van der Waals surface area (Å²) < 4.78 is 39.6. The van der Waals surface area contributed by atoms with Crippen molar-refractivity contribution in [2.75, 3.05) is 31.6 Å². The molecule has 1 atom stereocenters. The van der Waals surface area contributed by atoms with Gasteiger partial charge in [0, 0.05) is 18.1 Å². The van der Waals surface area contributed by atoms with Crippen LogP contribution in [0.4, 0.5) is 5.69 Å². The summed E-state index contributed by atoms with van der Waals surface area (Å²) in [6.07, 6.45) is 1.69. The summed E-state index contributed by atoms with van der Waals surface area (Å²) in [5, 5.41) is 3.34. The van der Waals surface area contributed by atoms with Gasteiger partial charge in [-0.3, -0.25) is 13.9 Å². The predicted molar refractivity (Wildman–Crippen MR) is 160 cm³/mol. The SMILES string of the molecule is CCCCNC(=O)[C@@H](C)N(Cc1cccc(Cl)c1)C(=O)CN(c1ccccc1OC)S(=O)(=O)c1ccc(OC)cc1. The number of carbonyl (C=O) groups excluding carboxylic acids is 2. The number of methoxy groups -OCH3 is 2. The highest BCUT2D eigenvalue weighted by Gasteiger charge is 2.33. The van der Waals surface area contributed by atoms with Gasteiger partial charge in [0.25, 0.3) is 10.0 Å². The van der Waals surface area contributed by atoms with Crippen molar-refractivity contribution in [1.82, 2.24) is 10.2 Å². The third-order valence-electron chi connectivity index (χ3n) is 6.52. The average molecular weight is 602 g/mol. The van der Waals surface area contributed by atoms with E-state index >= 15 is 0 Å². The van der Waals surface area contributed by atoms with Crippen LogP contribution in [0.1, 0.15) is 32.3 Å². The number of anilines is 1. The Labute approximate surface area is 247 Å². The summed E-state index contributed by atoms with van der Waals surface area (Å²) in [4.78, 5) is 28.4. The molecule has 1 N–H and O–H groups in total. The van der Waals surface area contributed by atoms with Crippen molar-refractivity contribution in [3.8, 4) is 11.5 Å². The van der Waals surface area contributed by atoms with Crippen molar-refractivity contribution in [2.24, 2.45) is 0 Å². The molecule has 11 heteroatoms. The zero-order valence-corrected chi connectivity index (χ0v) is 25.2. The van der Waals surface area contributed by atoms with Gasteiger partial charge in [-0.2, -0.15) is 0 Å². The molecule has 0 aliphatic heterocycles. The fourth-order valence-electron chi connectivity index (χ4n) is 4.17. The van der Waals surface area contributed by atoms with E-state index < -0.39 is 28.5 Å². The molecule has 2 amide bonds. The number of ether oxygens (including phenoxy) is 2. The van der Waals surface area contributed by atoms with Crippen molar-refractivity contribution in [3.63, 3.8) is 0 Å². The lowest BCUT2D eigenvalue weighted by Crippen LogP contribution is -2.51. The molecule has 0 aromatic heterocycles. The second-order valence-corrected chi connectivity index (χ2v) is 11.6. The van der Waals surface area contributed by atoms with E-state index in [4.69, 9.17) is 21.1 Å². The zero-order chi connectivity index (χ0) is 30.0. The van der Waals surface area contributed by atoms with Gasteiger partial charge in [0.1, 0.15) is 24.1 Å². The van der Waals surface area contributed by atoms with E-state index in [1.165, 1.54) is 43.4 Å². The molecule has 0 radical (unpaired) electrons. The summed E-state index contributed by atoms with van der Waals surface area (Å²) in [7, 11) is -1.35. The summed E-state index contributed by atoms with van der Waals surface area (Å²) in [6.45, 7) is 3.57. The molecule has 0 aliphatic rings. The standard InChI is InChI=1S/C30H36ClN3O6S/c1-5-6-18-32-30(36)22(2)33(20-23-10-9-11-24(31)19-23)29(35)21-34(27-12-7-8-13-28(27)40-4)41(37,38)26-16-14-25(39-3)15-17-26/h7-17,19,22H,5-6,18,20-21H2,1-4H3,(H,32,36)/t22-/m1/s1. The lowest BCUT2D eigenvalue weighted by atomic mass is 10.1. The van der Waals surface area contributed by atoms with E-state index in [0.717, 1.165) is 17.1 Å². The number of hydrogen-bond acceptors (Lipinski definition) is 6. The molecule has 0 heterocycles. The van der Waals surface area contributed by atoms with Crippen molar-refractivity contribution in [1.29, 1.82) is 0 Å². The summed E-state index contributed by atoms with van der Waals surface area (Å²) in [5.41, 5.74) is 0.878. The largest absolute Gasteiger partial charge is 0.497 e. The van der Waals surface area contributed by atoms with Crippen molar-refractivity contribution in [3.05, 3.63) is 83.4 Å². The Morgan fingerprint density at radius 2 is 1.68 bits per heavy atom. The van der Waals surface area contributed by atoms with E-state index in [9.17, 15) is 18.0 Å². The minimum atomic E-state index is -4.25. The van der Waals surface area contributed by atoms with E-state index in [2.05, 4.69) is 5.32 Å². The molecule has 0 unspecified atom stereocenters. The van der Waals surface area contributed by atoms with Gasteiger partial charge in [-0.15, -0.1) is 0 Å². The minimum Gasteiger partial charge on any atom is -0.497 e. The molecule has 220 valence electrons. The molecule has 3 aromatic rings. The van der Waals surface area contributed by atoms with Crippen LogP contribution in [0.15, 0.2) is 77.7 Å². The topological polar surface area (TPSA) is 105 Å². The molecule has 0 saturated carbocycles. The number of unbranched alkanes of at least 4 members (excludes halogenated alkanes) is 1. The predicted octanol–water partition coefficient (Wildman–Crippen LogP) is 4.89. The van der Waals surface area contributed by atoms with Crippen LogP contribution in [0.2, 0.25) is 5.02 Å². The number of amides is 2. The van der Waals surface area contributed by atoms with Crippen LogP contribution in [-0.4, -0.2) is 58.5 Å². The first-order valence-electron chi connectivity index (χ1n) is 13.2. The molecular formula is C30H36ClN3O6S. The van der Waals surface area contributed by atoms with Gasteiger partial charge in [0.2, 0.25) is 11.8 Å². The summed E-state index contributed by atoms with van der Waals surface area (Å²) >= 11 is 6.19. The van der Waals surface area contributed by atoms with Crippen LogP contribution in [0.5, 0.6) is 11.5 Å². The molecule has 3 rings (SSSR count). The maximum atomic E-state index is 14.0. The lowest BCUT2D eigenvalue weighted by Gasteiger charge is -2.32. The van der Waals surface area contributed by atoms with Gasteiger partial charge in [-0.25, -0.2) is 8.42 Å². The smallest absolute Gasteiger partial charge is 0.264 e. The number of rotatable bonds is 14. The second kappa shape index (κ2) is 14.7. The summed E-state index contributed by atoms with van der Waals surface area (Å²) in [5.74, 6) is -0.162. The normalized spacial score (nSPS) is 11.8. The van der Waals surface area contributed by atoms with E-state index in [0.29, 0.717) is 22.9 Å². The Bertz CT molecular complexity index is 1430. The molecule has 0 bridgehead atoms. The number of nitrogens with one attached hydrogen (secondary N) is 1. The van der Waals surface area contributed by atoms with Crippen LogP contribution in [0.25, 0.3) is 0 Å². The number of para-hydroxylation sites is 2. The molecular weight excluding hydrogens is 566 g/mol. The van der Waals surface area contributed by atoms with Gasteiger partial charge >= 0.3 is 0 Å². The molecule has 3 aromatic carbocycles. The first-order valence-corrected chi connectivity index (χ1v) is 15.1. The van der Waals surface area contributed by atoms with Gasteiger partial charge in [-0.05, 0) is 67.4 Å². The maximum Gasteiger partial charge on any atom is 0.264 e. The molecule has 0 fully saturated rings. The number of halogens is 1. The zero-order valence-electron chi connectivity index (χ0n) is 23.7. The fourth-order valence-corrected chi connectivity index (χ4v) is 5.81. The number of hydrogen-bond donors (Lipinski definition) is 1. The highest BCUT2D eigenvalue weighted by molar-refractivity contribution is 7.92. The first-order chi connectivity index (χ1) is 19.6. The Morgan fingerprint density at radius 3 is 2.32 bits per heavy atom. The van der Waals surface area contributed by atoms with Crippen molar-refractivity contribution >= 4 is 39.1 Å². The van der Waals surface area contributed by atoms with E-state index in [1.54, 1.807) is 55.5 Å².